The molecule has 2 nitrogen and oxygen atoms in total. The first-order chi connectivity index (χ1) is 9.27. The molecule has 19 heavy (non-hydrogen) atoms. The van der Waals surface area contributed by atoms with Gasteiger partial charge >= 0.3 is 0 Å². The van der Waals surface area contributed by atoms with Gasteiger partial charge in [-0.05, 0) is 11.5 Å². The molecule has 1 aliphatic rings. The summed E-state index contributed by atoms with van der Waals surface area (Å²) in [5, 5.41) is 3.73. The number of rotatable bonds is 6. The molecule has 1 aromatic carbocycles. The minimum atomic E-state index is 0.473. The molecule has 1 fully saturated rings. The largest absolute Gasteiger partial charge is 0.308 e. The summed E-state index contributed by atoms with van der Waals surface area (Å²) >= 11 is 2.08. The van der Waals surface area contributed by atoms with E-state index in [-0.39, 0.29) is 0 Å². The third-order valence-electron chi connectivity index (χ3n) is 3.72. The van der Waals surface area contributed by atoms with Crippen molar-refractivity contribution in [2.75, 3.05) is 37.7 Å². The lowest BCUT2D eigenvalue weighted by molar-refractivity contribution is 0.286. The van der Waals surface area contributed by atoms with E-state index in [1.807, 2.05) is 0 Å². The van der Waals surface area contributed by atoms with Gasteiger partial charge < -0.3 is 10.2 Å². The molecule has 1 heterocycles. The van der Waals surface area contributed by atoms with Gasteiger partial charge in [-0.15, -0.1) is 0 Å². The molecule has 1 aromatic rings. The van der Waals surface area contributed by atoms with E-state index in [9.17, 15) is 0 Å². The number of thioether (sulfide) groups is 1. The van der Waals surface area contributed by atoms with Crippen LogP contribution in [-0.2, 0) is 0 Å². The summed E-state index contributed by atoms with van der Waals surface area (Å²) in [5.74, 6) is 3.22. The number of nitrogens with zero attached hydrogens (tertiary/aromatic N) is 1. The highest BCUT2D eigenvalue weighted by Crippen LogP contribution is 2.21. The number of hydrogen-bond acceptors (Lipinski definition) is 3. The van der Waals surface area contributed by atoms with Crippen LogP contribution in [0.3, 0.4) is 0 Å². The van der Waals surface area contributed by atoms with E-state index < -0.39 is 0 Å². The van der Waals surface area contributed by atoms with Crippen molar-refractivity contribution in [1.29, 1.82) is 0 Å². The second-order valence-corrected chi connectivity index (χ2v) is 6.77. The van der Waals surface area contributed by atoms with Crippen LogP contribution >= 0.6 is 11.8 Å². The predicted octanol–water partition coefficient (Wildman–Crippen LogP) is 3.02. The molecule has 0 amide bonds. The van der Waals surface area contributed by atoms with Gasteiger partial charge in [0.25, 0.3) is 0 Å². The van der Waals surface area contributed by atoms with E-state index in [4.69, 9.17) is 0 Å². The van der Waals surface area contributed by atoms with Crippen LogP contribution in [-0.4, -0.2) is 42.6 Å². The van der Waals surface area contributed by atoms with Crippen molar-refractivity contribution in [3.8, 4) is 0 Å². The zero-order valence-corrected chi connectivity index (χ0v) is 13.0. The molecule has 106 valence electrons. The van der Waals surface area contributed by atoms with Gasteiger partial charge in [0, 0.05) is 43.7 Å². The summed E-state index contributed by atoms with van der Waals surface area (Å²) in [6, 6.07) is 11.3. The summed E-state index contributed by atoms with van der Waals surface area (Å²) in [4.78, 5) is 2.58. The van der Waals surface area contributed by atoms with Crippen molar-refractivity contribution in [3.63, 3.8) is 0 Å². The highest BCUT2D eigenvalue weighted by Gasteiger charge is 2.15. The summed E-state index contributed by atoms with van der Waals surface area (Å²) < 4.78 is 0. The Kier molecular flexibility index (Phi) is 6.21. The van der Waals surface area contributed by atoms with E-state index in [2.05, 4.69) is 66.2 Å². The zero-order valence-electron chi connectivity index (χ0n) is 12.1. The smallest absolute Gasteiger partial charge is 0.0343 e. The topological polar surface area (TPSA) is 15.3 Å². The molecule has 0 aliphatic carbocycles. The van der Waals surface area contributed by atoms with Crippen LogP contribution in [0.2, 0.25) is 0 Å². The van der Waals surface area contributed by atoms with Crippen molar-refractivity contribution in [1.82, 2.24) is 10.2 Å². The minimum absolute atomic E-state index is 0.473. The molecule has 2 rings (SSSR count). The third kappa shape index (κ3) is 4.83. The third-order valence-corrected chi connectivity index (χ3v) is 4.66. The Morgan fingerprint density at radius 3 is 2.47 bits per heavy atom. The first-order valence-electron chi connectivity index (χ1n) is 7.36. The van der Waals surface area contributed by atoms with Gasteiger partial charge in [0.1, 0.15) is 0 Å². The molecule has 0 bridgehead atoms. The maximum Gasteiger partial charge on any atom is 0.0343 e. The molecule has 0 aromatic heterocycles. The van der Waals surface area contributed by atoms with Crippen molar-refractivity contribution in [2.45, 2.75) is 19.9 Å². The molecular weight excluding hydrogens is 252 g/mol. The molecule has 0 saturated carbocycles. The van der Waals surface area contributed by atoms with Crippen molar-refractivity contribution in [3.05, 3.63) is 35.9 Å². The van der Waals surface area contributed by atoms with E-state index in [1.54, 1.807) is 0 Å². The summed E-state index contributed by atoms with van der Waals surface area (Å²) in [6.07, 6.45) is 0. The van der Waals surface area contributed by atoms with Crippen LogP contribution in [0.5, 0.6) is 0 Å². The summed E-state index contributed by atoms with van der Waals surface area (Å²) in [6.45, 7) is 9.36. The first kappa shape index (κ1) is 14.9. The second kappa shape index (κ2) is 7.93. The summed E-state index contributed by atoms with van der Waals surface area (Å²) in [7, 11) is 0. The van der Waals surface area contributed by atoms with Gasteiger partial charge in [0.15, 0.2) is 0 Å². The maximum atomic E-state index is 3.73. The number of benzene rings is 1. The Balaban J connectivity index is 1.80. The first-order valence-corrected chi connectivity index (χ1v) is 8.51. The molecular formula is C16H26N2S. The van der Waals surface area contributed by atoms with E-state index in [0.717, 1.165) is 6.54 Å². The second-order valence-electron chi connectivity index (χ2n) is 5.54. The fourth-order valence-electron chi connectivity index (χ4n) is 2.60. The van der Waals surface area contributed by atoms with Crippen LogP contribution in [0, 0.1) is 5.92 Å². The molecule has 1 N–H and O–H groups in total. The van der Waals surface area contributed by atoms with Gasteiger partial charge in [-0.2, -0.15) is 11.8 Å². The van der Waals surface area contributed by atoms with Crippen LogP contribution in [0.4, 0.5) is 0 Å². The van der Waals surface area contributed by atoms with Crippen molar-refractivity contribution < 1.29 is 0 Å². The molecule has 3 heteroatoms. The van der Waals surface area contributed by atoms with Crippen LogP contribution in [0.1, 0.15) is 25.5 Å². The van der Waals surface area contributed by atoms with E-state index in [1.165, 1.54) is 36.7 Å². The Morgan fingerprint density at radius 2 is 1.84 bits per heavy atom. The van der Waals surface area contributed by atoms with Crippen molar-refractivity contribution in [2.24, 2.45) is 5.92 Å². The normalized spacial score (nSPS) is 18.7. The van der Waals surface area contributed by atoms with Crippen LogP contribution < -0.4 is 5.32 Å². The average Bonchev–Trinajstić information content (AvgIpc) is 2.45. The predicted molar refractivity (Wildman–Crippen MR) is 85.8 cm³/mol. The van der Waals surface area contributed by atoms with Crippen LogP contribution in [0.15, 0.2) is 30.3 Å². The molecule has 0 spiro atoms. The Labute approximate surface area is 122 Å². The Hall–Kier alpha value is -0.510. The molecule has 1 saturated heterocycles. The molecule has 0 radical (unpaired) electrons. The zero-order chi connectivity index (χ0) is 13.5. The van der Waals surface area contributed by atoms with Gasteiger partial charge in [-0.3, -0.25) is 0 Å². The lowest BCUT2D eigenvalue weighted by Crippen LogP contribution is -2.39. The highest BCUT2D eigenvalue weighted by atomic mass is 32.2. The quantitative estimate of drug-likeness (QED) is 0.861. The standard InChI is InChI=1S/C16H26N2S/c1-14(2)16(15-6-4-3-5-7-15)17-8-9-18-10-12-19-13-11-18/h3-7,14,16-17H,8-13H2,1-2H3. The maximum absolute atomic E-state index is 3.73. The van der Waals surface area contributed by atoms with Gasteiger partial charge in [0.05, 0.1) is 0 Å². The monoisotopic (exact) mass is 278 g/mol. The molecule has 1 atom stereocenters. The lowest BCUT2D eigenvalue weighted by atomic mass is 9.96. The highest BCUT2D eigenvalue weighted by molar-refractivity contribution is 7.99. The Morgan fingerprint density at radius 1 is 1.16 bits per heavy atom. The fraction of sp³-hybridized carbons (Fsp3) is 0.625. The van der Waals surface area contributed by atoms with Gasteiger partial charge in [0.2, 0.25) is 0 Å². The van der Waals surface area contributed by atoms with Gasteiger partial charge in [-0.1, -0.05) is 44.2 Å². The lowest BCUT2D eigenvalue weighted by Gasteiger charge is -2.28. The van der Waals surface area contributed by atoms with Crippen LogP contribution in [0.25, 0.3) is 0 Å². The average molecular weight is 278 g/mol. The minimum Gasteiger partial charge on any atom is -0.308 e. The van der Waals surface area contributed by atoms with E-state index in [0.29, 0.717) is 12.0 Å². The van der Waals surface area contributed by atoms with Gasteiger partial charge in [-0.25, -0.2) is 0 Å². The molecule has 1 aliphatic heterocycles. The molecule has 1 unspecified atom stereocenters. The van der Waals surface area contributed by atoms with Crippen molar-refractivity contribution >= 4 is 11.8 Å². The fourth-order valence-corrected chi connectivity index (χ4v) is 3.58. The number of nitrogens with one attached hydrogen (secondary N) is 1. The van der Waals surface area contributed by atoms with E-state index >= 15 is 0 Å². The SMILES string of the molecule is CC(C)C(NCCN1CCSCC1)c1ccccc1. The Bertz CT molecular complexity index is 347. The number of hydrogen-bond donors (Lipinski definition) is 1. The summed E-state index contributed by atoms with van der Waals surface area (Å²) in [5.41, 5.74) is 1.41.